The largest absolute Gasteiger partial charge is 0.314 e. The van der Waals surface area contributed by atoms with Crippen LogP contribution in [0.1, 0.15) is 50.3 Å². The van der Waals surface area contributed by atoms with Gasteiger partial charge in [0.2, 0.25) is 0 Å². The third-order valence-corrected chi connectivity index (χ3v) is 4.41. The van der Waals surface area contributed by atoms with Crippen LogP contribution in [0.15, 0.2) is 18.2 Å². The highest BCUT2D eigenvalue weighted by atomic mass is 15.2. The lowest BCUT2D eigenvalue weighted by Gasteiger charge is -2.30. The van der Waals surface area contributed by atoms with Crippen LogP contribution < -0.4 is 5.32 Å². The highest BCUT2D eigenvalue weighted by Gasteiger charge is 2.18. The lowest BCUT2D eigenvalue weighted by molar-refractivity contribution is 0.230. The molecule has 1 N–H and O–H groups in total. The van der Waals surface area contributed by atoms with E-state index >= 15 is 0 Å². The van der Waals surface area contributed by atoms with Crippen LogP contribution in [0.4, 0.5) is 0 Å². The molecule has 0 saturated carbocycles. The molecule has 1 aromatic rings. The predicted molar refractivity (Wildman–Crippen MR) is 87.6 cm³/mol. The fraction of sp³-hybridized carbons (Fsp3) is 0.667. The fourth-order valence-corrected chi connectivity index (χ4v) is 3.07. The molecule has 0 radical (unpaired) electrons. The van der Waals surface area contributed by atoms with Crippen molar-refractivity contribution in [1.29, 1.82) is 0 Å². The summed E-state index contributed by atoms with van der Waals surface area (Å²) in [6, 6.07) is 7.04. The molecule has 2 heteroatoms. The standard InChI is InChI=1S/C18H30N2/c1-14-12-16(18(3,4)5)6-7-17(14)15(2)13-20-10-8-19-9-11-20/h6-7,12,15,19H,8-11,13H2,1-5H3. The van der Waals surface area contributed by atoms with E-state index in [1.54, 1.807) is 0 Å². The van der Waals surface area contributed by atoms with Gasteiger partial charge in [0.05, 0.1) is 0 Å². The first kappa shape index (κ1) is 15.5. The molecule has 0 bridgehead atoms. The van der Waals surface area contributed by atoms with E-state index in [9.17, 15) is 0 Å². The summed E-state index contributed by atoms with van der Waals surface area (Å²) in [5, 5.41) is 3.42. The molecule has 1 saturated heterocycles. The molecule has 1 heterocycles. The van der Waals surface area contributed by atoms with Crippen molar-refractivity contribution in [1.82, 2.24) is 10.2 Å². The molecule has 2 nitrogen and oxygen atoms in total. The topological polar surface area (TPSA) is 15.3 Å². The third kappa shape index (κ3) is 3.83. The first-order valence-electron chi connectivity index (χ1n) is 7.92. The maximum atomic E-state index is 3.42. The Morgan fingerprint density at radius 1 is 1.20 bits per heavy atom. The molecule has 1 unspecified atom stereocenters. The van der Waals surface area contributed by atoms with Gasteiger partial charge in [-0.2, -0.15) is 0 Å². The first-order chi connectivity index (χ1) is 9.38. The van der Waals surface area contributed by atoms with Gasteiger partial charge in [-0.05, 0) is 34.9 Å². The molecule has 1 aliphatic rings. The van der Waals surface area contributed by atoms with Gasteiger partial charge in [-0.1, -0.05) is 45.9 Å². The molecule has 0 amide bonds. The van der Waals surface area contributed by atoms with Crippen LogP contribution in [0.2, 0.25) is 0 Å². The normalized spacial score (nSPS) is 19.1. The van der Waals surface area contributed by atoms with E-state index < -0.39 is 0 Å². The van der Waals surface area contributed by atoms with E-state index in [2.05, 4.69) is 63.0 Å². The molecule has 1 aromatic carbocycles. The average molecular weight is 274 g/mol. The monoisotopic (exact) mass is 274 g/mol. The maximum Gasteiger partial charge on any atom is 0.0108 e. The minimum atomic E-state index is 0.241. The highest BCUT2D eigenvalue weighted by molar-refractivity contribution is 5.36. The summed E-state index contributed by atoms with van der Waals surface area (Å²) in [7, 11) is 0. The summed E-state index contributed by atoms with van der Waals surface area (Å²) < 4.78 is 0. The molecule has 0 spiro atoms. The Kier molecular flexibility index (Phi) is 4.87. The maximum absolute atomic E-state index is 3.42. The van der Waals surface area contributed by atoms with Gasteiger partial charge >= 0.3 is 0 Å². The number of hydrogen-bond donors (Lipinski definition) is 1. The van der Waals surface area contributed by atoms with E-state index in [1.165, 1.54) is 36.3 Å². The smallest absolute Gasteiger partial charge is 0.0108 e. The summed E-state index contributed by atoms with van der Waals surface area (Å²) in [4.78, 5) is 2.58. The van der Waals surface area contributed by atoms with Crippen molar-refractivity contribution < 1.29 is 0 Å². The van der Waals surface area contributed by atoms with Crippen molar-refractivity contribution in [3.05, 3.63) is 34.9 Å². The number of nitrogens with zero attached hydrogens (tertiary/aromatic N) is 1. The van der Waals surface area contributed by atoms with E-state index in [0.717, 1.165) is 13.1 Å². The molecule has 1 fully saturated rings. The molecule has 0 aromatic heterocycles. The summed E-state index contributed by atoms with van der Waals surface area (Å²) in [5.74, 6) is 0.613. The quantitative estimate of drug-likeness (QED) is 0.910. The second-order valence-corrected chi connectivity index (χ2v) is 7.27. The van der Waals surface area contributed by atoms with Crippen LogP contribution in [-0.2, 0) is 5.41 Å². The second kappa shape index (κ2) is 6.28. The van der Waals surface area contributed by atoms with Crippen molar-refractivity contribution in [2.75, 3.05) is 32.7 Å². The number of hydrogen-bond acceptors (Lipinski definition) is 2. The van der Waals surface area contributed by atoms with E-state index in [-0.39, 0.29) is 5.41 Å². The highest BCUT2D eigenvalue weighted by Crippen LogP contribution is 2.27. The predicted octanol–water partition coefficient (Wildman–Crippen LogP) is 3.30. The number of rotatable bonds is 3. The first-order valence-corrected chi connectivity index (χ1v) is 7.92. The zero-order valence-electron chi connectivity index (χ0n) is 13.8. The molecule has 1 atom stereocenters. The van der Waals surface area contributed by atoms with Crippen LogP contribution in [-0.4, -0.2) is 37.6 Å². The Bertz CT molecular complexity index is 439. The lowest BCUT2D eigenvalue weighted by Crippen LogP contribution is -2.44. The minimum Gasteiger partial charge on any atom is -0.314 e. The summed E-state index contributed by atoms with van der Waals surface area (Å²) >= 11 is 0. The average Bonchev–Trinajstić information content (AvgIpc) is 2.38. The van der Waals surface area contributed by atoms with Crippen LogP contribution >= 0.6 is 0 Å². The minimum absolute atomic E-state index is 0.241. The Hall–Kier alpha value is -0.860. The van der Waals surface area contributed by atoms with E-state index in [4.69, 9.17) is 0 Å². The van der Waals surface area contributed by atoms with Gasteiger partial charge in [-0.25, -0.2) is 0 Å². The van der Waals surface area contributed by atoms with Crippen LogP contribution in [0.3, 0.4) is 0 Å². The van der Waals surface area contributed by atoms with E-state index in [1.807, 2.05) is 0 Å². The molecule has 1 aliphatic heterocycles. The molecule has 112 valence electrons. The SMILES string of the molecule is Cc1cc(C(C)(C)C)ccc1C(C)CN1CCNCC1. The summed E-state index contributed by atoms with van der Waals surface area (Å²) in [6.07, 6.45) is 0. The van der Waals surface area contributed by atoms with Crippen LogP contribution in [0, 0.1) is 6.92 Å². The fourth-order valence-electron chi connectivity index (χ4n) is 3.07. The van der Waals surface area contributed by atoms with Crippen molar-refractivity contribution in [3.8, 4) is 0 Å². The summed E-state index contributed by atoms with van der Waals surface area (Å²) in [5.41, 5.74) is 4.63. The molecule has 20 heavy (non-hydrogen) atoms. The number of piperazine rings is 1. The zero-order valence-corrected chi connectivity index (χ0v) is 13.8. The Morgan fingerprint density at radius 2 is 1.85 bits per heavy atom. The molecular formula is C18H30N2. The Labute approximate surface area is 124 Å². The van der Waals surface area contributed by atoms with Gasteiger partial charge in [0, 0.05) is 32.7 Å². The van der Waals surface area contributed by atoms with Gasteiger partial charge in [0.15, 0.2) is 0 Å². The second-order valence-electron chi connectivity index (χ2n) is 7.27. The van der Waals surface area contributed by atoms with Crippen LogP contribution in [0.25, 0.3) is 0 Å². The summed E-state index contributed by atoms with van der Waals surface area (Å²) in [6.45, 7) is 17.3. The van der Waals surface area contributed by atoms with E-state index in [0.29, 0.717) is 5.92 Å². The van der Waals surface area contributed by atoms with Gasteiger partial charge in [0.1, 0.15) is 0 Å². The van der Waals surface area contributed by atoms with Crippen molar-refractivity contribution >= 4 is 0 Å². The third-order valence-electron chi connectivity index (χ3n) is 4.41. The van der Waals surface area contributed by atoms with Gasteiger partial charge < -0.3 is 10.2 Å². The van der Waals surface area contributed by atoms with Crippen LogP contribution in [0.5, 0.6) is 0 Å². The zero-order chi connectivity index (χ0) is 14.8. The van der Waals surface area contributed by atoms with Crippen molar-refractivity contribution in [2.24, 2.45) is 0 Å². The van der Waals surface area contributed by atoms with Crippen molar-refractivity contribution in [3.63, 3.8) is 0 Å². The Morgan fingerprint density at radius 3 is 2.40 bits per heavy atom. The molecule has 0 aliphatic carbocycles. The van der Waals surface area contributed by atoms with Gasteiger partial charge in [0.25, 0.3) is 0 Å². The van der Waals surface area contributed by atoms with Gasteiger partial charge in [-0.3, -0.25) is 0 Å². The molecule has 2 rings (SSSR count). The Balaban J connectivity index is 2.07. The lowest BCUT2D eigenvalue weighted by atomic mass is 9.84. The molecular weight excluding hydrogens is 244 g/mol. The number of benzene rings is 1. The van der Waals surface area contributed by atoms with Gasteiger partial charge in [-0.15, -0.1) is 0 Å². The number of nitrogens with one attached hydrogen (secondary N) is 1. The van der Waals surface area contributed by atoms with Crippen molar-refractivity contribution in [2.45, 2.75) is 46.0 Å². The number of aryl methyl sites for hydroxylation is 1.